The van der Waals surface area contributed by atoms with Crippen molar-refractivity contribution >= 4 is 23.2 Å². The highest BCUT2D eigenvalue weighted by Gasteiger charge is 2.08. The molecule has 2 N–H and O–H groups in total. The Kier molecular flexibility index (Phi) is 6.52. The zero-order valence-electron chi connectivity index (χ0n) is 15.4. The summed E-state index contributed by atoms with van der Waals surface area (Å²) in [6, 6.07) is 7.60. The van der Waals surface area contributed by atoms with E-state index in [4.69, 9.17) is 0 Å². The summed E-state index contributed by atoms with van der Waals surface area (Å²) in [5.41, 5.74) is 2.84. The van der Waals surface area contributed by atoms with Crippen LogP contribution >= 0.6 is 11.3 Å². The third-order valence-corrected chi connectivity index (χ3v) is 4.78. The smallest absolute Gasteiger partial charge is 0.253 e. The molecule has 0 aliphatic heterocycles. The molecule has 7 heteroatoms. The Morgan fingerprint density at radius 2 is 1.80 bits per heavy atom. The van der Waals surface area contributed by atoms with Gasteiger partial charge in [0.1, 0.15) is 0 Å². The second-order valence-electron chi connectivity index (χ2n) is 5.92. The van der Waals surface area contributed by atoms with Gasteiger partial charge in [-0.15, -0.1) is 11.3 Å². The van der Waals surface area contributed by atoms with Gasteiger partial charge in [0, 0.05) is 38.1 Å². The Hall–Kier alpha value is -2.41. The predicted molar refractivity (Wildman–Crippen MR) is 103 cm³/mol. The number of benzene rings is 1. The first kappa shape index (κ1) is 18.9. The number of nitrogens with zero attached hydrogens (tertiary/aromatic N) is 3. The number of hydrogen-bond acceptors (Lipinski definition) is 4. The molecule has 1 aromatic heterocycles. The molecular weight excluding hydrogens is 334 g/mol. The molecule has 0 atom stereocenters. The number of rotatable bonds is 5. The Labute approximate surface area is 153 Å². The van der Waals surface area contributed by atoms with E-state index in [1.54, 1.807) is 37.4 Å². The van der Waals surface area contributed by atoms with E-state index in [-0.39, 0.29) is 5.91 Å². The van der Waals surface area contributed by atoms with E-state index in [0.29, 0.717) is 18.7 Å². The molecule has 0 aliphatic rings. The van der Waals surface area contributed by atoms with Crippen molar-refractivity contribution in [3.8, 4) is 0 Å². The van der Waals surface area contributed by atoms with Crippen molar-refractivity contribution < 1.29 is 4.79 Å². The molecule has 1 amide bonds. The van der Waals surface area contributed by atoms with Gasteiger partial charge in [0.25, 0.3) is 5.91 Å². The number of carbonyl (C=O) groups excluding carboxylic acids is 1. The fraction of sp³-hybridized carbons (Fsp3) is 0.389. The maximum atomic E-state index is 11.9. The first-order chi connectivity index (χ1) is 11.9. The van der Waals surface area contributed by atoms with Crippen molar-refractivity contribution in [2.75, 3.05) is 21.1 Å². The number of amides is 1. The largest absolute Gasteiger partial charge is 0.352 e. The Morgan fingerprint density at radius 3 is 2.32 bits per heavy atom. The van der Waals surface area contributed by atoms with Gasteiger partial charge in [0.2, 0.25) is 0 Å². The molecule has 0 spiro atoms. The molecule has 0 unspecified atom stereocenters. The fourth-order valence-corrected chi connectivity index (χ4v) is 3.21. The summed E-state index contributed by atoms with van der Waals surface area (Å²) >= 11 is 1.70. The van der Waals surface area contributed by atoms with Gasteiger partial charge in [-0.3, -0.25) is 9.79 Å². The van der Waals surface area contributed by atoms with Crippen molar-refractivity contribution in [1.82, 2.24) is 20.5 Å². The van der Waals surface area contributed by atoms with Crippen LogP contribution in [0.2, 0.25) is 0 Å². The van der Waals surface area contributed by atoms with Crippen LogP contribution in [0.4, 0.5) is 0 Å². The molecule has 0 saturated carbocycles. The average molecular weight is 359 g/mol. The van der Waals surface area contributed by atoms with Crippen LogP contribution in [0, 0.1) is 13.8 Å². The van der Waals surface area contributed by atoms with E-state index < -0.39 is 0 Å². The third-order valence-electron chi connectivity index (χ3n) is 3.71. The minimum absolute atomic E-state index is 0.00667. The van der Waals surface area contributed by atoms with Gasteiger partial charge in [0.05, 0.1) is 17.2 Å². The van der Waals surface area contributed by atoms with E-state index in [1.807, 2.05) is 38.1 Å². The summed E-state index contributed by atoms with van der Waals surface area (Å²) < 4.78 is 0. The van der Waals surface area contributed by atoms with Crippen molar-refractivity contribution in [1.29, 1.82) is 0 Å². The molecule has 25 heavy (non-hydrogen) atoms. The summed E-state index contributed by atoms with van der Waals surface area (Å²) in [7, 11) is 5.25. The van der Waals surface area contributed by atoms with E-state index in [9.17, 15) is 4.79 Å². The Balaban J connectivity index is 1.88. The van der Waals surface area contributed by atoms with Crippen molar-refractivity contribution in [3.63, 3.8) is 0 Å². The normalized spacial score (nSPS) is 11.3. The minimum atomic E-state index is 0.00667. The number of thiazole rings is 1. The summed E-state index contributed by atoms with van der Waals surface area (Å²) in [4.78, 5) is 23.4. The SMILES string of the molecule is CN=C(NCc1ccc(C(=O)N(C)C)cc1)NCc1sc(C)nc1C. The second kappa shape index (κ2) is 8.62. The third kappa shape index (κ3) is 5.29. The standard InChI is InChI=1S/C18H25N5OS/c1-12-16(25-13(2)22-12)11-21-18(19-3)20-10-14-6-8-15(9-7-14)17(24)23(4)5/h6-9H,10-11H2,1-5H3,(H2,19,20,21). The highest BCUT2D eigenvalue weighted by Crippen LogP contribution is 2.16. The molecule has 0 saturated heterocycles. The maximum Gasteiger partial charge on any atom is 0.253 e. The highest BCUT2D eigenvalue weighted by atomic mass is 32.1. The number of aromatic nitrogens is 1. The number of aryl methyl sites for hydroxylation is 2. The molecule has 0 fully saturated rings. The van der Waals surface area contributed by atoms with E-state index in [1.165, 1.54) is 4.88 Å². The molecule has 134 valence electrons. The quantitative estimate of drug-likeness (QED) is 0.635. The molecule has 6 nitrogen and oxygen atoms in total. The molecule has 2 rings (SSSR count). The van der Waals surface area contributed by atoms with E-state index in [2.05, 4.69) is 20.6 Å². The van der Waals surface area contributed by atoms with Crippen LogP contribution in [0.1, 0.15) is 31.5 Å². The Morgan fingerprint density at radius 1 is 1.16 bits per heavy atom. The molecule has 0 radical (unpaired) electrons. The van der Waals surface area contributed by atoms with Crippen molar-refractivity contribution in [2.24, 2.45) is 4.99 Å². The minimum Gasteiger partial charge on any atom is -0.352 e. The lowest BCUT2D eigenvalue weighted by Crippen LogP contribution is -2.36. The Bertz CT molecular complexity index is 749. The number of guanidine groups is 1. The van der Waals surface area contributed by atoms with Crippen LogP contribution in [-0.2, 0) is 13.1 Å². The molecule has 0 bridgehead atoms. The van der Waals surface area contributed by atoms with Crippen LogP contribution in [0.5, 0.6) is 0 Å². The van der Waals surface area contributed by atoms with E-state index in [0.717, 1.165) is 22.2 Å². The molecular formula is C18H25N5OS. The lowest BCUT2D eigenvalue weighted by Gasteiger charge is -2.13. The van der Waals surface area contributed by atoms with Crippen LogP contribution in [-0.4, -0.2) is 42.9 Å². The topological polar surface area (TPSA) is 69.6 Å². The van der Waals surface area contributed by atoms with Gasteiger partial charge in [-0.25, -0.2) is 4.98 Å². The van der Waals surface area contributed by atoms with Gasteiger partial charge in [-0.05, 0) is 31.5 Å². The second-order valence-corrected chi connectivity index (χ2v) is 7.21. The van der Waals surface area contributed by atoms with Crippen LogP contribution in [0.25, 0.3) is 0 Å². The van der Waals surface area contributed by atoms with Gasteiger partial charge < -0.3 is 15.5 Å². The summed E-state index contributed by atoms with van der Waals surface area (Å²) in [5, 5.41) is 7.66. The van der Waals surface area contributed by atoms with Gasteiger partial charge in [0.15, 0.2) is 5.96 Å². The number of hydrogen-bond donors (Lipinski definition) is 2. The van der Waals surface area contributed by atoms with Crippen LogP contribution < -0.4 is 10.6 Å². The van der Waals surface area contributed by atoms with E-state index >= 15 is 0 Å². The lowest BCUT2D eigenvalue weighted by atomic mass is 10.1. The lowest BCUT2D eigenvalue weighted by molar-refractivity contribution is 0.0827. The van der Waals surface area contributed by atoms with Gasteiger partial charge in [-0.1, -0.05) is 12.1 Å². The van der Waals surface area contributed by atoms with Crippen LogP contribution in [0.3, 0.4) is 0 Å². The highest BCUT2D eigenvalue weighted by molar-refractivity contribution is 7.11. The first-order valence-corrected chi connectivity index (χ1v) is 8.90. The average Bonchev–Trinajstić information content (AvgIpc) is 2.92. The molecule has 2 aromatic rings. The summed E-state index contributed by atoms with van der Waals surface area (Å²) in [6.07, 6.45) is 0. The van der Waals surface area contributed by atoms with Crippen LogP contribution in [0.15, 0.2) is 29.3 Å². The monoisotopic (exact) mass is 359 g/mol. The summed E-state index contributed by atoms with van der Waals surface area (Å²) in [5.74, 6) is 0.742. The predicted octanol–water partition coefficient (Wildman–Crippen LogP) is 2.33. The van der Waals surface area contributed by atoms with Gasteiger partial charge >= 0.3 is 0 Å². The number of aliphatic imine (C=N–C) groups is 1. The molecule has 1 aromatic carbocycles. The maximum absolute atomic E-state index is 11.9. The first-order valence-electron chi connectivity index (χ1n) is 8.08. The van der Waals surface area contributed by atoms with Gasteiger partial charge in [-0.2, -0.15) is 0 Å². The fourth-order valence-electron chi connectivity index (χ4n) is 2.33. The zero-order valence-corrected chi connectivity index (χ0v) is 16.2. The number of carbonyl (C=O) groups is 1. The molecule has 0 aliphatic carbocycles. The number of nitrogens with one attached hydrogen (secondary N) is 2. The molecule has 1 heterocycles. The van der Waals surface area contributed by atoms with Crippen molar-refractivity contribution in [3.05, 3.63) is 51.0 Å². The summed E-state index contributed by atoms with van der Waals surface area (Å²) in [6.45, 7) is 5.37. The van der Waals surface area contributed by atoms with Crippen molar-refractivity contribution in [2.45, 2.75) is 26.9 Å². The zero-order chi connectivity index (χ0) is 18.4.